The van der Waals surface area contributed by atoms with Crippen molar-refractivity contribution in [3.05, 3.63) is 65.7 Å². The van der Waals surface area contributed by atoms with Crippen LogP contribution in [0.1, 0.15) is 18.1 Å². The average molecular weight is 410 g/mol. The Morgan fingerprint density at radius 3 is 2.45 bits per heavy atom. The van der Waals surface area contributed by atoms with Crippen LogP contribution in [0.5, 0.6) is 0 Å². The fourth-order valence-corrected chi connectivity index (χ4v) is 3.46. The molecule has 3 aromatic rings. The summed E-state index contributed by atoms with van der Waals surface area (Å²) in [4.78, 5) is 24.8. The minimum atomic E-state index is -0.740. The van der Waals surface area contributed by atoms with Crippen LogP contribution in [0, 0.1) is 6.92 Å². The van der Waals surface area contributed by atoms with Crippen LogP contribution in [-0.4, -0.2) is 34.7 Å². The molecule has 3 rings (SSSR count). The molecule has 2 aromatic carbocycles. The summed E-state index contributed by atoms with van der Waals surface area (Å²) < 4.78 is 0. The van der Waals surface area contributed by atoms with E-state index in [1.807, 2.05) is 68.4 Å². The number of benzene rings is 2. The maximum atomic E-state index is 12.8. The van der Waals surface area contributed by atoms with Crippen molar-refractivity contribution >= 4 is 28.4 Å². The second kappa shape index (κ2) is 9.79. The van der Waals surface area contributed by atoms with Gasteiger partial charge in [-0.1, -0.05) is 71.5 Å². The Bertz CT molecular complexity index is 957. The lowest BCUT2D eigenvalue weighted by molar-refractivity contribution is -0.117. The molecule has 7 nitrogen and oxygen atoms in total. The Morgan fingerprint density at radius 2 is 1.76 bits per heavy atom. The first kappa shape index (κ1) is 20.5. The molecule has 8 heteroatoms. The van der Waals surface area contributed by atoms with Gasteiger partial charge in [0.1, 0.15) is 11.0 Å². The lowest BCUT2D eigenvalue weighted by Gasteiger charge is -2.18. The van der Waals surface area contributed by atoms with E-state index in [0.29, 0.717) is 18.1 Å². The van der Waals surface area contributed by atoms with Crippen molar-refractivity contribution in [1.82, 2.24) is 20.8 Å². The number of hydrogen-bond acceptors (Lipinski definition) is 5. The van der Waals surface area contributed by atoms with Gasteiger partial charge in [-0.05, 0) is 19.4 Å². The molecular formula is C21H23N5O2S. The number of carbonyl (C=O) groups excluding carboxylic acids is 2. The third kappa shape index (κ3) is 5.86. The number of carbonyl (C=O) groups is 2. The predicted octanol–water partition coefficient (Wildman–Crippen LogP) is 3.38. The lowest BCUT2D eigenvalue weighted by atomic mass is 10.1. The molecule has 150 valence electrons. The van der Waals surface area contributed by atoms with E-state index >= 15 is 0 Å². The molecule has 0 saturated heterocycles. The van der Waals surface area contributed by atoms with Gasteiger partial charge in [0.2, 0.25) is 11.0 Å². The summed E-state index contributed by atoms with van der Waals surface area (Å²) in [5.41, 5.74) is 3.05. The van der Waals surface area contributed by atoms with Gasteiger partial charge >= 0.3 is 6.03 Å². The zero-order chi connectivity index (χ0) is 20.6. The van der Waals surface area contributed by atoms with Crippen molar-refractivity contribution in [2.45, 2.75) is 26.3 Å². The Kier molecular flexibility index (Phi) is 6.91. The van der Waals surface area contributed by atoms with Crippen LogP contribution in [0.4, 0.5) is 9.93 Å². The molecule has 0 aliphatic heterocycles. The number of nitrogens with zero attached hydrogens (tertiary/aromatic N) is 2. The summed E-state index contributed by atoms with van der Waals surface area (Å²) in [7, 11) is 0. The summed E-state index contributed by atoms with van der Waals surface area (Å²) >= 11 is 1.29. The fraction of sp³-hybridized carbons (Fsp3) is 0.238. The number of aryl methyl sites for hydroxylation is 1. The predicted molar refractivity (Wildman–Crippen MR) is 115 cm³/mol. The molecule has 0 radical (unpaired) electrons. The monoisotopic (exact) mass is 409 g/mol. The first-order valence-electron chi connectivity index (χ1n) is 9.35. The highest BCUT2D eigenvalue weighted by molar-refractivity contribution is 7.18. The number of hydrogen-bond donors (Lipinski definition) is 3. The highest BCUT2D eigenvalue weighted by Gasteiger charge is 2.22. The zero-order valence-electron chi connectivity index (χ0n) is 16.3. The summed E-state index contributed by atoms with van der Waals surface area (Å²) in [5.74, 6) is -0.341. The topological polar surface area (TPSA) is 96.0 Å². The van der Waals surface area contributed by atoms with E-state index in [1.165, 1.54) is 11.3 Å². The van der Waals surface area contributed by atoms with E-state index in [-0.39, 0.29) is 11.9 Å². The smallest absolute Gasteiger partial charge is 0.315 e. The van der Waals surface area contributed by atoms with Crippen LogP contribution in [0.25, 0.3) is 10.6 Å². The number of anilines is 1. The molecule has 0 aliphatic carbocycles. The first-order valence-corrected chi connectivity index (χ1v) is 10.2. The number of aromatic nitrogens is 2. The van der Waals surface area contributed by atoms with Crippen LogP contribution >= 0.6 is 11.3 Å². The van der Waals surface area contributed by atoms with Gasteiger partial charge < -0.3 is 10.6 Å². The Morgan fingerprint density at radius 1 is 1.03 bits per heavy atom. The van der Waals surface area contributed by atoms with E-state index < -0.39 is 6.04 Å². The van der Waals surface area contributed by atoms with Crippen LogP contribution in [-0.2, 0) is 11.2 Å². The lowest BCUT2D eigenvalue weighted by Crippen LogP contribution is -2.49. The van der Waals surface area contributed by atoms with Gasteiger partial charge in [0.25, 0.3) is 0 Å². The van der Waals surface area contributed by atoms with Crippen LogP contribution in [0.2, 0.25) is 0 Å². The van der Waals surface area contributed by atoms with Crippen LogP contribution in [0.3, 0.4) is 0 Å². The molecule has 3 N–H and O–H groups in total. The molecule has 3 amide bonds. The summed E-state index contributed by atoms with van der Waals surface area (Å²) in [6.07, 6.45) is 0.368. The molecule has 1 unspecified atom stereocenters. The van der Waals surface area contributed by atoms with Crippen molar-refractivity contribution in [2.75, 3.05) is 11.9 Å². The molecule has 0 spiro atoms. The normalized spacial score (nSPS) is 11.5. The molecule has 0 aliphatic rings. The van der Waals surface area contributed by atoms with Gasteiger partial charge in [0, 0.05) is 18.5 Å². The van der Waals surface area contributed by atoms with Gasteiger partial charge in [-0.15, -0.1) is 10.2 Å². The Labute approximate surface area is 173 Å². The molecule has 0 bridgehead atoms. The fourth-order valence-electron chi connectivity index (χ4n) is 2.71. The van der Waals surface area contributed by atoms with Crippen molar-refractivity contribution in [3.8, 4) is 10.6 Å². The number of nitrogens with one attached hydrogen (secondary N) is 3. The largest absolute Gasteiger partial charge is 0.338 e. The van der Waals surface area contributed by atoms with E-state index in [1.54, 1.807) is 0 Å². The minimum absolute atomic E-state index is 0.341. The van der Waals surface area contributed by atoms with Crippen molar-refractivity contribution in [1.29, 1.82) is 0 Å². The highest BCUT2D eigenvalue weighted by atomic mass is 32.1. The second-order valence-electron chi connectivity index (χ2n) is 6.51. The van der Waals surface area contributed by atoms with Crippen LogP contribution < -0.4 is 16.0 Å². The van der Waals surface area contributed by atoms with Gasteiger partial charge in [-0.25, -0.2) is 4.79 Å². The van der Waals surface area contributed by atoms with E-state index in [4.69, 9.17) is 0 Å². The molecule has 1 atom stereocenters. The van der Waals surface area contributed by atoms with E-state index in [2.05, 4.69) is 26.1 Å². The number of rotatable bonds is 7. The van der Waals surface area contributed by atoms with Crippen LogP contribution in [0.15, 0.2) is 54.6 Å². The minimum Gasteiger partial charge on any atom is -0.338 e. The summed E-state index contributed by atoms with van der Waals surface area (Å²) in [6.45, 7) is 4.31. The molecular weight excluding hydrogens is 386 g/mol. The quantitative estimate of drug-likeness (QED) is 0.557. The Balaban J connectivity index is 1.71. The molecule has 1 heterocycles. The molecule has 0 saturated carbocycles. The van der Waals surface area contributed by atoms with Gasteiger partial charge in [-0.2, -0.15) is 0 Å². The third-order valence-electron chi connectivity index (χ3n) is 4.20. The Hall–Kier alpha value is -3.26. The van der Waals surface area contributed by atoms with Gasteiger partial charge in [-0.3, -0.25) is 10.1 Å². The number of urea groups is 1. The van der Waals surface area contributed by atoms with E-state index in [9.17, 15) is 9.59 Å². The molecule has 29 heavy (non-hydrogen) atoms. The summed E-state index contributed by atoms with van der Waals surface area (Å²) in [5, 5.41) is 17.5. The average Bonchev–Trinajstić information content (AvgIpc) is 3.17. The second-order valence-corrected chi connectivity index (χ2v) is 7.49. The maximum absolute atomic E-state index is 12.8. The summed E-state index contributed by atoms with van der Waals surface area (Å²) in [6, 6.07) is 16.3. The standard InChI is InChI=1S/C21H23N5O2S/c1-3-22-20(28)23-17(13-15-7-5-4-6-8-15)18(27)24-21-26-25-19(29-21)16-11-9-14(2)10-12-16/h4-12,17H,3,13H2,1-2H3,(H2,22,23,28)(H,24,26,27). The third-order valence-corrected chi connectivity index (χ3v) is 5.08. The molecule has 1 aromatic heterocycles. The van der Waals surface area contributed by atoms with Crippen molar-refractivity contribution in [2.24, 2.45) is 0 Å². The van der Waals surface area contributed by atoms with Gasteiger partial charge in [0.05, 0.1) is 0 Å². The number of amides is 3. The first-order chi connectivity index (χ1) is 14.0. The maximum Gasteiger partial charge on any atom is 0.315 e. The van der Waals surface area contributed by atoms with Crippen molar-refractivity contribution < 1.29 is 9.59 Å². The van der Waals surface area contributed by atoms with E-state index in [0.717, 1.165) is 21.7 Å². The zero-order valence-corrected chi connectivity index (χ0v) is 17.1. The van der Waals surface area contributed by atoms with Crippen molar-refractivity contribution in [3.63, 3.8) is 0 Å². The SMILES string of the molecule is CCNC(=O)NC(Cc1ccccc1)C(=O)Nc1nnc(-c2ccc(C)cc2)s1. The molecule has 0 fully saturated rings. The highest BCUT2D eigenvalue weighted by Crippen LogP contribution is 2.26. The van der Waals surface area contributed by atoms with Gasteiger partial charge in [0.15, 0.2) is 0 Å².